The third-order valence-corrected chi connectivity index (χ3v) is 3.06. The first-order chi connectivity index (χ1) is 10.0. The summed E-state index contributed by atoms with van der Waals surface area (Å²) in [5.74, 6) is -1.37. The maximum atomic E-state index is 12.3. The minimum atomic E-state index is -0.512. The first-order valence-electron chi connectivity index (χ1n) is 6.40. The van der Waals surface area contributed by atoms with E-state index in [2.05, 4.69) is 4.74 Å². The van der Waals surface area contributed by atoms with Crippen LogP contribution in [0.15, 0.2) is 24.5 Å². The van der Waals surface area contributed by atoms with Crippen molar-refractivity contribution in [3.05, 3.63) is 35.6 Å². The zero-order chi connectivity index (χ0) is 15.6. The summed E-state index contributed by atoms with van der Waals surface area (Å²) in [7, 11) is 1.28. The second kappa shape index (κ2) is 5.78. The highest BCUT2D eigenvalue weighted by Gasteiger charge is 2.36. The SMILES string of the molecule is CCO/C=C1\C(=O)N(C(C)=O)c2ccc(C(=O)OC)cc21. The number of methoxy groups -OCH3 is 1. The van der Waals surface area contributed by atoms with Crippen molar-refractivity contribution >= 4 is 29.0 Å². The second-order valence-corrected chi connectivity index (χ2v) is 4.37. The first kappa shape index (κ1) is 14.8. The maximum Gasteiger partial charge on any atom is 0.337 e. The Hall–Kier alpha value is -2.63. The van der Waals surface area contributed by atoms with Crippen LogP contribution in [-0.4, -0.2) is 31.5 Å². The van der Waals surface area contributed by atoms with E-state index in [1.54, 1.807) is 13.0 Å². The van der Waals surface area contributed by atoms with Crippen LogP contribution >= 0.6 is 0 Å². The van der Waals surface area contributed by atoms with Crippen LogP contribution in [0, 0.1) is 0 Å². The number of amides is 2. The van der Waals surface area contributed by atoms with Crippen molar-refractivity contribution in [2.45, 2.75) is 13.8 Å². The molecule has 0 N–H and O–H groups in total. The van der Waals surface area contributed by atoms with Gasteiger partial charge in [0, 0.05) is 12.5 Å². The number of carbonyl (C=O) groups excluding carboxylic acids is 3. The molecule has 1 aliphatic rings. The lowest BCUT2D eigenvalue weighted by atomic mass is 10.1. The molecule has 0 aliphatic carbocycles. The molecule has 0 saturated carbocycles. The molecule has 6 heteroatoms. The Morgan fingerprint density at radius 2 is 2.05 bits per heavy atom. The summed E-state index contributed by atoms with van der Waals surface area (Å²) >= 11 is 0. The Morgan fingerprint density at radius 3 is 2.62 bits per heavy atom. The molecule has 0 radical (unpaired) electrons. The molecule has 2 rings (SSSR count). The number of ether oxygens (including phenoxy) is 2. The normalized spacial score (nSPS) is 15.1. The van der Waals surface area contributed by atoms with Gasteiger partial charge in [0.1, 0.15) is 0 Å². The summed E-state index contributed by atoms with van der Waals surface area (Å²) in [6.07, 6.45) is 1.31. The number of hydrogen-bond acceptors (Lipinski definition) is 5. The number of imide groups is 1. The van der Waals surface area contributed by atoms with Gasteiger partial charge < -0.3 is 9.47 Å². The van der Waals surface area contributed by atoms with Gasteiger partial charge in [-0.2, -0.15) is 0 Å². The van der Waals surface area contributed by atoms with Gasteiger partial charge in [-0.1, -0.05) is 0 Å². The Kier molecular flexibility index (Phi) is 4.07. The fourth-order valence-electron chi connectivity index (χ4n) is 2.13. The van der Waals surface area contributed by atoms with Crippen molar-refractivity contribution in [1.82, 2.24) is 0 Å². The molecule has 1 aromatic carbocycles. The highest BCUT2D eigenvalue weighted by molar-refractivity contribution is 6.39. The number of carbonyl (C=O) groups is 3. The fraction of sp³-hybridized carbons (Fsp3) is 0.267. The largest absolute Gasteiger partial charge is 0.501 e. The molecule has 110 valence electrons. The van der Waals surface area contributed by atoms with E-state index in [9.17, 15) is 14.4 Å². The highest BCUT2D eigenvalue weighted by Crippen LogP contribution is 2.37. The van der Waals surface area contributed by atoms with Gasteiger partial charge in [-0.15, -0.1) is 0 Å². The minimum Gasteiger partial charge on any atom is -0.501 e. The molecule has 1 heterocycles. The lowest BCUT2D eigenvalue weighted by molar-refractivity contribution is -0.122. The summed E-state index contributed by atoms with van der Waals surface area (Å²) in [6.45, 7) is 3.48. The molecule has 1 aromatic rings. The lowest BCUT2D eigenvalue weighted by Gasteiger charge is -2.12. The van der Waals surface area contributed by atoms with E-state index in [0.29, 0.717) is 23.4 Å². The van der Waals surface area contributed by atoms with E-state index in [4.69, 9.17) is 4.74 Å². The molecule has 1 aliphatic heterocycles. The molecule has 0 aromatic heterocycles. The summed E-state index contributed by atoms with van der Waals surface area (Å²) in [4.78, 5) is 36.6. The van der Waals surface area contributed by atoms with Gasteiger partial charge in [0.25, 0.3) is 5.91 Å². The molecular weight excluding hydrogens is 274 g/mol. The number of rotatable bonds is 3. The van der Waals surface area contributed by atoms with Crippen molar-refractivity contribution in [2.75, 3.05) is 18.6 Å². The predicted molar refractivity (Wildman–Crippen MR) is 75.6 cm³/mol. The number of nitrogens with zero attached hydrogens (tertiary/aromatic N) is 1. The quantitative estimate of drug-likeness (QED) is 0.481. The molecule has 0 atom stereocenters. The molecular formula is C15H15NO5. The molecule has 0 bridgehead atoms. The second-order valence-electron chi connectivity index (χ2n) is 4.37. The first-order valence-corrected chi connectivity index (χ1v) is 6.40. The molecule has 0 fully saturated rings. The maximum absolute atomic E-state index is 12.3. The molecule has 0 saturated heterocycles. The Bertz CT molecular complexity index is 647. The Morgan fingerprint density at radius 1 is 1.33 bits per heavy atom. The Labute approximate surface area is 121 Å². The summed E-state index contributed by atoms with van der Waals surface area (Å²) < 4.78 is 9.82. The van der Waals surface area contributed by atoms with Gasteiger partial charge in [0.2, 0.25) is 5.91 Å². The summed E-state index contributed by atoms with van der Waals surface area (Å²) in [5, 5.41) is 0. The van der Waals surface area contributed by atoms with Crippen molar-refractivity contribution < 1.29 is 23.9 Å². The third kappa shape index (κ3) is 2.52. The van der Waals surface area contributed by atoms with E-state index in [-0.39, 0.29) is 5.57 Å². The van der Waals surface area contributed by atoms with E-state index in [0.717, 1.165) is 4.90 Å². The highest BCUT2D eigenvalue weighted by atomic mass is 16.5. The minimum absolute atomic E-state index is 0.243. The molecule has 2 amide bonds. The monoisotopic (exact) mass is 289 g/mol. The van der Waals surface area contributed by atoms with E-state index in [1.807, 2.05) is 0 Å². The number of esters is 1. The molecule has 21 heavy (non-hydrogen) atoms. The van der Waals surface area contributed by atoms with Gasteiger partial charge in [0.15, 0.2) is 0 Å². The third-order valence-electron chi connectivity index (χ3n) is 3.06. The zero-order valence-corrected chi connectivity index (χ0v) is 12.0. The van der Waals surface area contributed by atoms with Crippen LogP contribution in [0.1, 0.15) is 29.8 Å². The van der Waals surface area contributed by atoms with Crippen LogP contribution in [0.25, 0.3) is 5.57 Å². The van der Waals surface area contributed by atoms with Gasteiger partial charge in [0.05, 0.1) is 36.8 Å². The molecule has 0 spiro atoms. The van der Waals surface area contributed by atoms with Gasteiger partial charge in [-0.25, -0.2) is 9.69 Å². The van der Waals surface area contributed by atoms with E-state index >= 15 is 0 Å². The van der Waals surface area contributed by atoms with Crippen LogP contribution in [-0.2, 0) is 19.1 Å². The zero-order valence-electron chi connectivity index (χ0n) is 12.0. The fourth-order valence-corrected chi connectivity index (χ4v) is 2.13. The van der Waals surface area contributed by atoms with Gasteiger partial charge in [-0.05, 0) is 25.1 Å². The number of anilines is 1. The van der Waals surface area contributed by atoms with Crippen molar-refractivity contribution in [1.29, 1.82) is 0 Å². The summed E-state index contributed by atoms with van der Waals surface area (Å²) in [6, 6.07) is 4.58. The average molecular weight is 289 g/mol. The van der Waals surface area contributed by atoms with E-state index in [1.165, 1.54) is 32.4 Å². The topological polar surface area (TPSA) is 72.9 Å². The lowest BCUT2D eigenvalue weighted by Crippen LogP contribution is -2.31. The number of hydrogen-bond donors (Lipinski definition) is 0. The van der Waals surface area contributed by atoms with Crippen molar-refractivity contribution in [3.8, 4) is 0 Å². The number of fused-ring (bicyclic) bond motifs is 1. The van der Waals surface area contributed by atoms with Crippen molar-refractivity contribution in [3.63, 3.8) is 0 Å². The van der Waals surface area contributed by atoms with E-state index < -0.39 is 17.8 Å². The van der Waals surface area contributed by atoms with Crippen LogP contribution in [0.5, 0.6) is 0 Å². The summed E-state index contributed by atoms with van der Waals surface area (Å²) in [5.41, 5.74) is 1.46. The Balaban J connectivity index is 2.58. The van der Waals surface area contributed by atoms with Crippen LogP contribution in [0.4, 0.5) is 5.69 Å². The van der Waals surface area contributed by atoms with Gasteiger partial charge >= 0.3 is 5.97 Å². The number of benzene rings is 1. The van der Waals surface area contributed by atoms with Crippen molar-refractivity contribution in [2.24, 2.45) is 0 Å². The smallest absolute Gasteiger partial charge is 0.337 e. The van der Waals surface area contributed by atoms with Crippen LogP contribution < -0.4 is 4.90 Å². The molecule has 0 unspecified atom stereocenters. The van der Waals surface area contributed by atoms with Crippen LogP contribution in [0.2, 0.25) is 0 Å². The van der Waals surface area contributed by atoms with Gasteiger partial charge in [-0.3, -0.25) is 9.59 Å². The standard InChI is InChI=1S/C15H15NO5/c1-4-21-8-12-11-7-10(15(19)20-3)5-6-13(11)16(9(2)17)14(12)18/h5-8H,4H2,1-3H3/b12-8-. The average Bonchev–Trinajstić information content (AvgIpc) is 2.75. The van der Waals surface area contributed by atoms with Crippen LogP contribution in [0.3, 0.4) is 0 Å². The predicted octanol–water partition coefficient (Wildman–Crippen LogP) is 1.74. The molecule has 6 nitrogen and oxygen atoms in total.